The molecule has 0 radical (unpaired) electrons. The number of amides is 1. The van der Waals surface area contributed by atoms with Crippen LogP contribution in [0.25, 0.3) is 0 Å². The first kappa shape index (κ1) is 14.8. The first-order chi connectivity index (χ1) is 9.91. The van der Waals surface area contributed by atoms with Gasteiger partial charge in [0.2, 0.25) is 0 Å². The van der Waals surface area contributed by atoms with E-state index in [-0.39, 0.29) is 11.3 Å². The minimum absolute atomic E-state index is 0.0293. The summed E-state index contributed by atoms with van der Waals surface area (Å²) in [6, 6.07) is 5.82. The summed E-state index contributed by atoms with van der Waals surface area (Å²) in [6.07, 6.45) is -1.78. The highest BCUT2D eigenvalue weighted by Crippen LogP contribution is 2.30. The lowest BCUT2D eigenvalue weighted by atomic mass is 10.1. The molecule has 0 saturated heterocycles. The number of anilines is 2. The zero-order chi connectivity index (χ0) is 15.5. The van der Waals surface area contributed by atoms with E-state index in [1.807, 2.05) is 0 Å². The van der Waals surface area contributed by atoms with Crippen molar-refractivity contribution in [1.29, 1.82) is 0 Å². The molecule has 5 nitrogen and oxygen atoms in total. The molecule has 0 fully saturated rings. The van der Waals surface area contributed by atoms with E-state index in [2.05, 4.69) is 15.7 Å². The van der Waals surface area contributed by atoms with Gasteiger partial charge < -0.3 is 10.7 Å². The molecule has 0 bridgehead atoms. The van der Waals surface area contributed by atoms with Crippen molar-refractivity contribution in [1.82, 2.24) is 4.98 Å². The Morgan fingerprint density at radius 3 is 2.67 bits per heavy atom. The van der Waals surface area contributed by atoms with Crippen LogP contribution in [0.4, 0.5) is 24.5 Å². The molecular formula is C13H11F3N4O. The van der Waals surface area contributed by atoms with Crippen LogP contribution in [-0.2, 0) is 6.18 Å². The molecular weight excluding hydrogens is 285 g/mol. The van der Waals surface area contributed by atoms with Crippen molar-refractivity contribution in [3.8, 4) is 0 Å². The van der Waals surface area contributed by atoms with Crippen LogP contribution in [0.15, 0.2) is 42.7 Å². The van der Waals surface area contributed by atoms with E-state index in [1.165, 1.54) is 30.6 Å². The van der Waals surface area contributed by atoms with Gasteiger partial charge in [0.05, 0.1) is 16.8 Å². The standard InChI is InChI=1S/C13H11F3N4O/c14-13(15,16)8-2-1-3-9(6-8)19-12(21)10-7-18-5-4-11(10)20-17/h1-7H,17H2,(H,18,20)(H,19,21). The second-order valence-corrected chi connectivity index (χ2v) is 4.10. The summed E-state index contributed by atoms with van der Waals surface area (Å²) < 4.78 is 37.8. The third kappa shape index (κ3) is 3.48. The second-order valence-electron chi connectivity index (χ2n) is 4.10. The van der Waals surface area contributed by atoms with Crippen molar-refractivity contribution in [2.45, 2.75) is 6.18 Å². The maximum atomic E-state index is 12.6. The van der Waals surface area contributed by atoms with Crippen LogP contribution in [0.3, 0.4) is 0 Å². The minimum atomic E-state index is -4.47. The maximum absolute atomic E-state index is 12.6. The van der Waals surface area contributed by atoms with E-state index < -0.39 is 17.6 Å². The molecule has 1 amide bonds. The lowest BCUT2D eigenvalue weighted by Crippen LogP contribution is -2.18. The van der Waals surface area contributed by atoms with E-state index in [0.717, 1.165) is 12.1 Å². The lowest BCUT2D eigenvalue weighted by Gasteiger charge is -2.11. The predicted molar refractivity (Wildman–Crippen MR) is 71.4 cm³/mol. The Morgan fingerprint density at radius 1 is 1.24 bits per heavy atom. The van der Waals surface area contributed by atoms with Crippen LogP contribution in [0.2, 0.25) is 0 Å². The van der Waals surface area contributed by atoms with E-state index in [9.17, 15) is 18.0 Å². The molecule has 0 aliphatic heterocycles. The van der Waals surface area contributed by atoms with Crippen LogP contribution in [-0.4, -0.2) is 10.9 Å². The van der Waals surface area contributed by atoms with Gasteiger partial charge in [-0.15, -0.1) is 0 Å². The summed E-state index contributed by atoms with van der Waals surface area (Å²) in [5.74, 6) is 4.64. The maximum Gasteiger partial charge on any atom is 0.416 e. The number of aromatic nitrogens is 1. The van der Waals surface area contributed by atoms with Crippen molar-refractivity contribution < 1.29 is 18.0 Å². The average Bonchev–Trinajstić information content (AvgIpc) is 2.46. The number of benzene rings is 1. The third-order valence-corrected chi connectivity index (χ3v) is 2.67. The molecule has 8 heteroatoms. The second kappa shape index (κ2) is 5.80. The van der Waals surface area contributed by atoms with Crippen molar-refractivity contribution in [2.75, 3.05) is 10.7 Å². The van der Waals surface area contributed by atoms with Crippen molar-refractivity contribution in [2.24, 2.45) is 5.84 Å². The molecule has 0 unspecified atom stereocenters. The number of nitrogens with zero attached hydrogens (tertiary/aromatic N) is 1. The van der Waals surface area contributed by atoms with Gasteiger partial charge in [-0.3, -0.25) is 15.6 Å². The van der Waals surface area contributed by atoms with Gasteiger partial charge in [-0.05, 0) is 24.3 Å². The van der Waals surface area contributed by atoms with Gasteiger partial charge in [-0.1, -0.05) is 6.07 Å². The predicted octanol–water partition coefficient (Wildman–Crippen LogP) is 2.64. The number of rotatable bonds is 3. The van der Waals surface area contributed by atoms with E-state index in [1.54, 1.807) is 0 Å². The summed E-state index contributed by atoms with van der Waals surface area (Å²) in [7, 11) is 0. The number of carbonyl (C=O) groups excluding carboxylic acids is 1. The number of hydrogen-bond acceptors (Lipinski definition) is 4. The summed E-state index contributed by atoms with van der Waals surface area (Å²) >= 11 is 0. The Kier molecular flexibility index (Phi) is 4.08. The van der Waals surface area contributed by atoms with E-state index >= 15 is 0 Å². The molecule has 0 aliphatic carbocycles. The molecule has 0 aliphatic rings. The highest BCUT2D eigenvalue weighted by Gasteiger charge is 2.30. The summed E-state index contributed by atoms with van der Waals surface area (Å²) in [4.78, 5) is 15.8. The smallest absolute Gasteiger partial charge is 0.323 e. The van der Waals surface area contributed by atoms with E-state index in [4.69, 9.17) is 5.84 Å². The highest BCUT2D eigenvalue weighted by molar-refractivity contribution is 6.07. The Labute approximate surface area is 118 Å². The largest absolute Gasteiger partial charge is 0.416 e. The van der Waals surface area contributed by atoms with Crippen LogP contribution >= 0.6 is 0 Å². The van der Waals surface area contributed by atoms with Crippen LogP contribution in [0.5, 0.6) is 0 Å². The fraction of sp³-hybridized carbons (Fsp3) is 0.0769. The zero-order valence-electron chi connectivity index (χ0n) is 10.6. The Balaban J connectivity index is 2.24. The molecule has 110 valence electrons. The van der Waals surface area contributed by atoms with Gasteiger partial charge in [0, 0.05) is 18.1 Å². The third-order valence-electron chi connectivity index (χ3n) is 2.67. The number of pyridine rings is 1. The molecule has 2 rings (SSSR count). The fourth-order valence-corrected chi connectivity index (χ4v) is 1.67. The van der Waals surface area contributed by atoms with Crippen LogP contribution in [0.1, 0.15) is 15.9 Å². The number of nitrogen functional groups attached to an aromatic ring is 1. The number of halogens is 3. The minimum Gasteiger partial charge on any atom is -0.323 e. The molecule has 2 aromatic rings. The Bertz CT molecular complexity index is 658. The summed E-state index contributed by atoms with van der Waals surface area (Å²) in [5.41, 5.74) is 1.94. The molecule has 4 N–H and O–H groups in total. The van der Waals surface area contributed by atoms with Gasteiger partial charge in [-0.2, -0.15) is 13.2 Å². The monoisotopic (exact) mass is 296 g/mol. The van der Waals surface area contributed by atoms with Gasteiger partial charge in [-0.25, -0.2) is 0 Å². The van der Waals surface area contributed by atoms with Gasteiger partial charge in [0.25, 0.3) is 5.91 Å². The Hall–Kier alpha value is -2.61. The van der Waals surface area contributed by atoms with Gasteiger partial charge in [0.1, 0.15) is 0 Å². The first-order valence-corrected chi connectivity index (χ1v) is 5.81. The molecule has 0 spiro atoms. The highest BCUT2D eigenvalue weighted by atomic mass is 19.4. The quantitative estimate of drug-likeness (QED) is 0.601. The van der Waals surface area contributed by atoms with Gasteiger partial charge >= 0.3 is 6.18 Å². The molecule has 1 heterocycles. The summed E-state index contributed by atoms with van der Waals surface area (Å²) in [6.45, 7) is 0. The Morgan fingerprint density at radius 2 is 2.00 bits per heavy atom. The average molecular weight is 296 g/mol. The number of carbonyl (C=O) groups is 1. The van der Waals surface area contributed by atoms with Crippen molar-refractivity contribution >= 4 is 17.3 Å². The first-order valence-electron chi connectivity index (χ1n) is 5.81. The van der Waals surface area contributed by atoms with Gasteiger partial charge in [0.15, 0.2) is 0 Å². The normalized spacial score (nSPS) is 11.0. The van der Waals surface area contributed by atoms with Crippen molar-refractivity contribution in [3.63, 3.8) is 0 Å². The van der Waals surface area contributed by atoms with Crippen molar-refractivity contribution in [3.05, 3.63) is 53.9 Å². The molecule has 1 aromatic carbocycles. The molecule has 1 aromatic heterocycles. The lowest BCUT2D eigenvalue weighted by molar-refractivity contribution is -0.137. The number of hydrazine groups is 1. The number of nitrogens with one attached hydrogen (secondary N) is 2. The molecule has 21 heavy (non-hydrogen) atoms. The van der Waals surface area contributed by atoms with Crippen LogP contribution in [0, 0.1) is 0 Å². The number of hydrogen-bond donors (Lipinski definition) is 3. The summed E-state index contributed by atoms with van der Waals surface area (Å²) in [5, 5.41) is 2.37. The fourth-order valence-electron chi connectivity index (χ4n) is 1.67. The topological polar surface area (TPSA) is 80.0 Å². The number of alkyl halides is 3. The molecule has 0 saturated carbocycles. The number of nitrogens with two attached hydrogens (primary N) is 1. The molecule has 0 atom stereocenters. The van der Waals surface area contributed by atoms with E-state index in [0.29, 0.717) is 5.69 Å². The SMILES string of the molecule is NNc1ccncc1C(=O)Nc1cccc(C(F)(F)F)c1. The zero-order valence-corrected chi connectivity index (χ0v) is 10.6. The van der Waals surface area contributed by atoms with Crippen LogP contribution < -0.4 is 16.6 Å².